The number of aromatic nitrogens is 2. The molecule has 2 aromatic rings. The molecule has 0 aliphatic rings. The second kappa shape index (κ2) is 5.58. The minimum absolute atomic E-state index is 0.399. The summed E-state index contributed by atoms with van der Waals surface area (Å²) >= 11 is 5.61. The van der Waals surface area contributed by atoms with Crippen LogP contribution in [0.2, 0.25) is 0 Å². The first-order valence-electron chi connectivity index (χ1n) is 4.59. The Balaban J connectivity index is 2.02. The highest BCUT2D eigenvalue weighted by atomic mass is 127. The summed E-state index contributed by atoms with van der Waals surface area (Å²) in [4.78, 5) is 8.13. The molecule has 1 aromatic carbocycles. The topological polar surface area (TPSA) is 35.0 Å². The van der Waals surface area contributed by atoms with Gasteiger partial charge in [-0.05, 0) is 28.7 Å². The number of hydrogen-bond acceptors (Lipinski definition) is 3. The summed E-state index contributed by atoms with van der Waals surface area (Å²) in [6.45, 7) is 0.460. The van der Waals surface area contributed by atoms with Crippen molar-refractivity contribution in [2.24, 2.45) is 0 Å². The molecule has 0 radical (unpaired) electrons. The molecule has 0 amide bonds. The van der Waals surface area contributed by atoms with E-state index >= 15 is 0 Å². The number of nitrogens with zero attached hydrogens (tertiary/aromatic N) is 2. The van der Waals surface area contributed by atoms with Gasteiger partial charge in [0.1, 0.15) is 6.61 Å². The van der Waals surface area contributed by atoms with Crippen molar-refractivity contribution in [2.75, 3.05) is 0 Å². The number of ether oxygens (including phenoxy) is 1. The Morgan fingerprint density at radius 2 is 1.88 bits per heavy atom. The molecule has 0 saturated heterocycles. The monoisotopic (exact) mass is 390 g/mol. The van der Waals surface area contributed by atoms with Crippen LogP contribution in [0.25, 0.3) is 0 Å². The number of hydrogen-bond donors (Lipinski definition) is 0. The van der Waals surface area contributed by atoms with Gasteiger partial charge in [0, 0.05) is 26.0 Å². The molecular formula is C11H8BrIN2O. The maximum atomic E-state index is 5.47. The van der Waals surface area contributed by atoms with Crippen molar-refractivity contribution in [1.82, 2.24) is 9.97 Å². The standard InChI is InChI=1S/C11H8BrIN2O/c12-10-4-2-1-3-8(10)7-16-11-14-5-9(13)6-15-11/h1-6H,7H2. The van der Waals surface area contributed by atoms with Crippen LogP contribution >= 0.6 is 38.5 Å². The average molecular weight is 391 g/mol. The van der Waals surface area contributed by atoms with Gasteiger partial charge in [0.25, 0.3) is 0 Å². The second-order valence-corrected chi connectivity index (χ2v) is 5.16. The lowest BCUT2D eigenvalue weighted by molar-refractivity contribution is 0.280. The summed E-state index contributed by atoms with van der Waals surface area (Å²) < 4.78 is 7.49. The quantitative estimate of drug-likeness (QED) is 0.753. The molecule has 1 aromatic heterocycles. The van der Waals surface area contributed by atoms with E-state index in [4.69, 9.17) is 4.74 Å². The summed E-state index contributed by atoms with van der Waals surface area (Å²) in [6.07, 6.45) is 3.45. The molecule has 2 rings (SSSR count). The van der Waals surface area contributed by atoms with Gasteiger partial charge in [0.05, 0.1) is 0 Å². The molecule has 1 heterocycles. The van der Waals surface area contributed by atoms with Gasteiger partial charge in [0.15, 0.2) is 0 Å². The van der Waals surface area contributed by atoms with E-state index in [2.05, 4.69) is 48.5 Å². The van der Waals surface area contributed by atoms with Crippen molar-refractivity contribution >= 4 is 38.5 Å². The summed E-state index contributed by atoms with van der Waals surface area (Å²) in [5, 5.41) is 0. The lowest BCUT2D eigenvalue weighted by Gasteiger charge is -2.05. The van der Waals surface area contributed by atoms with Crippen LogP contribution in [0.5, 0.6) is 6.01 Å². The van der Waals surface area contributed by atoms with Gasteiger partial charge in [-0.3, -0.25) is 0 Å². The van der Waals surface area contributed by atoms with Crippen LogP contribution in [-0.4, -0.2) is 9.97 Å². The van der Waals surface area contributed by atoms with E-state index in [-0.39, 0.29) is 0 Å². The molecule has 16 heavy (non-hydrogen) atoms. The zero-order chi connectivity index (χ0) is 11.4. The number of benzene rings is 1. The summed E-state index contributed by atoms with van der Waals surface area (Å²) in [5.74, 6) is 0. The van der Waals surface area contributed by atoms with Crippen LogP contribution in [0.15, 0.2) is 41.1 Å². The molecule has 0 saturated carbocycles. The molecule has 0 aliphatic heterocycles. The molecule has 82 valence electrons. The van der Waals surface area contributed by atoms with Crippen molar-refractivity contribution in [3.05, 3.63) is 50.3 Å². The van der Waals surface area contributed by atoms with Gasteiger partial charge in [-0.25, -0.2) is 9.97 Å². The van der Waals surface area contributed by atoms with Crippen molar-refractivity contribution in [1.29, 1.82) is 0 Å². The van der Waals surface area contributed by atoms with Crippen LogP contribution in [0.3, 0.4) is 0 Å². The molecule has 0 atom stereocenters. The van der Waals surface area contributed by atoms with Crippen LogP contribution in [0.1, 0.15) is 5.56 Å². The van der Waals surface area contributed by atoms with Crippen molar-refractivity contribution in [3.63, 3.8) is 0 Å². The van der Waals surface area contributed by atoms with Gasteiger partial charge < -0.3 is 4.74 Å². The molecule has 0 N–H and O–H groups in total. The summed E-state index contributed by atoms with van der Waals surface area (Å²) in [5.41, 5.74) is 1.07. The molecule has 0 aliphatic carbocycles. The van der Waals surface area contributed by atoms with E-state index in [0.29, 0.717) is 12.6 Å². The fourth-order valence-corrected chi connectivity index (χ4v) is 1.81. The molecule has 3 nitrogen and oxygen atoms in total. The first-order chi connectivity index (χ1) is 7.75. The summed E-state index contributed by atoms with van der Waals surface area (Å²) in [6, 6.07) is 8.31. The van der Waals surface area contributed by atoms with Gasteiger partial charge in [-0.2, -0.15) is 0 Å². The normalized spacial score (nSPS) is 10.1. The number of halogens is 2. The van der Waals surface area contributed by atoms with Crippen molar-refractivity contribution in [3.8, 4) is 6.01 Å². The first kappa shape index (κ1) is 11.8. The largest absolute Gasteiger partial charge is 0.459 e. The Bertz CT molecular complexity index is 476. The van der Waals surface area contributed by atoms with Crippen LogP contribution in [-0.2, 0) is 6.61 Å². The summed E-state index contributed by atoms with van der Waals surface area (Å²) in [7, 11) is 0. The van der Waals surface area contributed by atoms with Gasteiger partial charge in [-0.15, -0.1) is 0 Å². The molecule has 0 unspecified atom stereocenters. The Morgan fingerprint density at radius 3 is 2.56 bits per heavy atom. The van der Waals surface area contributed by atoms with E-state index in [0.717, 1.165) is 13.6 Å². The third-order valence-corrected chi connectivity index (χ3v) is 3.24. The molecule has 0 bridgehead atoms. The SMILES string of the molecule is Brc1ccccc1COc1ncc(I)cn1. The Hall–Kier alpha value is -0.690. The first-order valence-corrected chi connectivity index (χ1v) is 6.46. The smallest absolute Gasteiger partial charge is 0.316 e. The van der Waals surface area contributed by atoms with Gasteiger partial charge in [-0.1, -0.05) is 34.1 Å². The third-order valence-electron chi connectivity index (χ3n) is 1.91. The highest BCUT2D eigenvalue weighted by molar-refractivity contribution is 14.1. The minimum Gasteiger partial charge on any atom is -0.459 e. The minimum atomic E-state index is 0.399. The lowest BCUT2D eigenvalue weighted by atomic mass is 10.2. The molecular weight excluding hydrogens is 383 g/mol. The van der Waals surface area contributed by atoms with E-state index in [1.54, 1.807) is 12.4 Å². The van der Waals surface area contributed by atoms with E-state index in [9.17, 15) is 0 Å². The van der Waals surface area contributed by atoms with Crippen molar-refractivity contribution in [2.45, 2.75) is 6.61 Å². The maximum absolute atomic E-state index is 5.47. The lowest BCUT2D eigenvalue weighted by Crippen LogP contribution is -1.99. The molecule has 0 spiro atoms. The van der Waals surface area contributed by atoms with E-state index in [1.165, 1.54) is 0 Å². The Labute approximate surface area is 116 Å². The second-order valence-electron chi connectivity index (χ2n) is 3.06. The van der Waals surface area contributed by atoms with Gasteiger partial charge >= 0.3 is 6.01 Å². The predicted molar refractivity (Wildman–Crippen MR) is 73.2 cm³/mol. The van der Waals surface area contributed by atoms with Gasteiger partial charge in [0.2, 0.25) is 0 Å². The fourth-order valence-electron chi connectivity index (χ4n) is 1.13. The third kappa shape index (κ3) is 3.15. The van der Waals surface area contributed by atoms with Crippen LogP contribution in [0, 0.1) is 3.57 Å². The highest BCUT2D eigenvalue weighted by Gasteiger charge is 2.01. The Morgan fingerprint density at radius 1 is 1.19 bits per heavy atom. The van der Waals surface area contributed by atoms with E-state index < -0.39 is 0 Å². The highest BCUT2D eigenvalue weighted by Crippen LogP contribution is 2.17. The zero-order valence-electron chi connectivity index (χ0n) is 8.23. The fraction of sp³-hybridized carbons (Fsp3) is 0.0909. The van der Waals surface area contributed by atoms with Crippen LogP contribution in [0.4, 0.5) is 0 Å². The van der Waals surface area contributed by atoms with Crippen molar-refractivity contribution < 1.29 is 4.74 Å². The number of rotatable bonds is 3. The van der Waals surface area contributed by atoms with E-state index in [1.807, 2.05) is 24.3 Å². The maximum Gasteiger partial charge on any atom is 0.316 e. The van der Waals surface area contributed by atoms with Crippen LogP contribution < -0.4 is 4.74 Å². The zero-order valence-corrected chi connectivity index (χ0v) is 12.0. The predicted octanol–water partition coefficient (Wildman–Crippen LogP) is 3.42. The Kier molecular flexibility index (Phi) is 4.11. The molecule has 0 fully saturated rings. The average Bonchev–Trinajstić information content (AvgIpc) is 2.30. The molecule has 5 heteroatoms.